The molecule has 0 spiro atoms. The van der Waals surface area contributed by atoms with Crippen molar-refractivity contribution in [1.82, 2.24) is 49.5 Å². The lowest BCUT2D eigenvalue weighted by molar-refractivity contribution is -0.140. The van der Waals surface area contributed by atoms with Gasteiger partial charge in [-0.1, -0.05) is 52.0 Å². The smallest absolute Gasteiger partial charge is 0.340 e. The summed E-state index contributed by atoms with van der Waals surface area (Å²) >= 11 is 0. The molecule has 2 saturated heterocycles. The number of rotatable bonds is 13. The highest BCUT2D eigenvalue weighted by atomic mass is 19.4. The van der Waals surface area contributed by atoms with E-state index < -0.39 is 17.9 Å². The standard InChI is InChI=1S/C39H51F3N10O2/c1-7-49(8-2)24(5)37(53)51-19-11-13-30(51)35-45-23-29(46-35)28-21-43-34(44-22-28)27-17-15-26(16-18-27)32-33(39(40,41)42)48-36(47-32)31-14-12-20-52(31)38(54)25(6)50(9-3)10-4/h15-18,21-25,30-31H,7-14,19-20H2,1-6H3,(H,45,46)(H,47,48)/t24-,25-,30+,31+/m1/s1. The maximum absolute atomic E-state index is 14.4. The number of carbonyl (C=O) groups excluding carboxylic acids is 2. The van der Waals surface area contributed by atoms with E-state index in [9.17, 15) is 22.8 Å². The summed E-state index contributed by atoms with van der Waals surface area (Å²) in [4.78, 5) is 58.7. The molecule has 2 N–H and O–H groups in total. The number of likely N-dealkylation sites (tertiary alicyclic amines) is 2. The number of aromatic amines is 2. The lowest BCUT2D eigenvalue weighted by Crippen LogP contribution is -2.46. The number of aromatic nitrogens is 6. The van der Waals surface area contributed by atoms with Crippen molar-refractivity contribution >= 4 is 11.8 Å². The van der Waals surface area contributed by atoms with Gasteiger partial charge in [-0.15, -0.1) is 0 Å². The molecule has 0 bridgehead atoms. The fourth-order valence-electron chi connectivity index (χ4n) is 7.98. The second kappa shape index (κ2) is 16.4. The van der Waals surface area contributed by atoms with Gasteiger partial charge in [0.2, 0.25) is 11.8 Å². The average molecular weight is 749 g/mol. The zero-order chi connectivity index (χ0) is 38.7. The van der Waals surface area contributed by atoms with Gasteiger partial charge in [-0.25, -0.2) is 19.9 Å². The molecule has 2 aliphatic heterocycles. The van der Waals surface area contributed by atoms with Crippen molar-refractivity contribution in [3.05, 3.63) is 60.2 Å². The van der Waals surface area contributed by atoms with E-state index >= 15 is 0 Å². The molecule has 2 fully saturated rings. The van der Waals surface area contributed by atoms with Gasteiger partial charge in [0.05, 0.1) is 41.8 Å². The van der Waals surface area contributed by atoms with Gasteiger partial charge in [-0.2, -0.15) is 13.2 Å². The van der Waals surface area contributed by atoms with Gasteiger partial charge in [0.25, 0.3) is 0 Å². The van der Waals surface area contributed by atoms with E-state index in [1.54, 1.807) is 47.8 Å². The molecule has 0 unspecified atom stereocenters. The number of nitrogens with zero attached hydrogens (tertiary/aromatic N) is 8. The molecule has 1 aromatic carbocycles. The predicted octanol–water partition coefficient (Wildman–Crippen LogP) is 6.73. The first-order chi connectivity index (χ1) is 25.9. The van der Waals surface area contributed by atoms with Crippen LogP contribution in [-0.2, 0) is 15.8 Å². The molecule has 12 nitrogen and oxygen atoms in total. The number of H-pyrrole nitrogens is 2. The molecule has 290 valence electrons. The summed E-state index contributed by atoms with van der Waals surface area (Å²) in [5.41, 5.74) is 1.23. The Morgan fingerprint density at radius 2 is 1.24 bits per heavy atom. The van der Waals surface area contributed by atoms with Crippen molar-refractivity contribution in [3.8, 4) is 33.9 Å². The maximum atomic E-state index is 14.4. The molecule has 2 amide bonds. The van der Waals surface area contributed by atoms with Gasteiger partial charge < -0.3 is 19.8 Å². The Morgan fingerprint density at radius 3 is 1.74 bits per heavy atom. The third kappa shape index (κ3) is 7.79. The molecule has 2 aliphatic rings. The quantitative estimate of drug-likeness (QED) is 0.154. The maximum Gasteiger partial charge on any atom is 0.435 e. The van der Waals surface area contributed by atoms with E-state index in [4.69, 9.17) is 0 Å². The molecule has 4 aromatic rings. The SMILES string of the molecule is CCN(CC)[C@H](C)C(=O)N1CCC[C@H]1c1ncc(-c2cnc(-c3ccc(-c4[nH]c([C@@H]5CCCN5C(=O)[C@@H](C)N(CC)CC)nc4C(F)(F)F)cc3)nc2)[nH]1. The van der Waals surface area contributed by atoms with E-state index in [0.29, 0.717) is 61.5 Å². The normalized spacial score (nSPS) is 18.9. The molecule has 3 aromatic heterocycles. The van der Waals surface area contributed by atoms with Crippen LogP contribution in [0.4, 0.5) is 13.2 Å². The monoisotopic (exact) mass is 748 g/mol. The highest BCUT2D eigenvalue weighted by molar-refractivity contribution is 5.83. The number of amides is 2. The van der Waals surface area contributed by atoms with E-state index in [2.05, 4.69) is 48.7 Å². The van der Waals surface area contributed by atoms with Crippen molar-refractivity contribution in [2.45, 2.75) is 97.6 Å². The summed E-state index contributed by atoms with van der Waals surface area (Å²) < 4.78 is 43.1. The Kier molecular flexibility index (Phi) is 11.9. The second-order valence-electron chi connectivity index (χ2n) is 14.1. The van der Waals surface area contributed by atoms with Crippen molar-refractivity contribution in [2.75, 3.05) is 39.3 Å². The molecular weight excluding hydrogens is 697 g/mol. The number of halogens is 3. The van der Waals surface area contributed by atoms with Gasteiger partial charge in [-0.05, 0) is 65.7 Å². The second-order valence-corrected chi connectivity index (χ2v) is 14.1. The van der Waals surface area contributed by atoms with Gasteiger partial charge in [-0.3, -0.25) is 19.4 Å². The van der Waals surface area contributed by atoms with E-state index in [-0.39, 0.29) is 41.5 Å². The summed E-state index contributed by atoms with van der Waals surface area (Å²) in [6, 6.07) is 5.26. The molecule has 6 rings (SSSR count). The Bertz CT molecular complexity index is 1880. The molecule has 54 heavy (non-hydrogen) atoms. The lowest BCUT2D eigenvalue weighted by Gasteiger charge is -2.31. The van der Waals surface area contributed by atoms with Crippen molar-refractivity contribution in [2.24, 2.45) is 0 Å². The summed E-state index contributed by atoms with van der Waals surface area (Å²) in [6.45, 7) is 16.0. The number of nitrogens with one attached hydrogen (secondary N) is 2. The first-order valence-corrected chi connectivity index (χ1v) is 19.1. The van der Waals surface area contributed by atoms with E-state index in [0.717, 1.165) is 37.4 Å². The fraction of sp³-hybridized carbons (Fsp3) is 0.538. The summed E-state index contributed by atoms with van der Waals surface area (Å²) in [6.07, 6.45) is 3.31. The highest BCUT2D eigenvalue weighted by Crippen LogP contribution is 2.40. The first-order valence-electron chi connectivity index (χ1n) is 19.1. The van der Waals surface area contributed by atoms with Crippen LogP contribution in [-0.4, -0.2) is 113 Å². The molecule has 4 atom stereocenters. The van der Waals surface area contributed by atoms with Crippen LogP contribution in [0.25, 0.3) is 33.9 Å². The number of hydrogen-bond donors (Lipinski definition) is 2. The Labute approximate surface area is 314 Å². The van der Waals surface area contributed by atoms with Gasteiger partial charge >= 0.3 is 6.18 Å². The van der Waals surface area contributed by atoms with Crippen LogP contribution in [0.1, 0.15) is 96.7 Å². The molecule has 0 radical (unpaired) electrons. The minimum absolute atomic E-state index is 0.105. The number of carbonyl (C=O) groups is 2. The zero-order valence-corrected chi connectivity index (χ0v) is 32.0. The van der Waals surface area contributed by atoms with Crippen LogP contribution >= 0.6 is 0 Å². The molecule has 0 saturated carbocycles. The van der Waals surface area contributed by atoms with Crippen LogP contribution < -0.4 is 0 Å². The number of alkyl halides is 3. The van der Waals surface area contributed by atoms with Crippen LogP contribution in [0, 0.1) is 0 Å². The number of hydrogen-bond acceptors (Lipinski definition) is 8. The van der Waals surface area contributed by atoms with E-state index in [1.807, 2.05) is 37.5 Å². The van der Waals surface area contributed by atoms with Crippen molar-refractivity contribution < 1.29 is 22.8 Å². The van der Waals surface area contributed by atoms with Gasteiger partial charge in [0.1, 0.15) is 11.6 Å². The highest BCUT2D eigenvalue weighted by Gasteiger charge is 2.42. The van der Waals surface area contributed by atoms with Crippen LogP contribution in [0.2, 0.25) is 0 Å². The zero-order valence-electron chi connectivity index (χ0n) is 32.0. The van der Waals surface area contributed by atoms with Gasteiger partial charge in [0.15, 0.2) is 11.5 Å². The van der Waals surface area contributed by atoms with Gasteiger partial charge in [0, 0.05) is 42.2 Å². The first kappa shape index (κ1) is 39.1. The molecular formula is C39H51F3N10O2. The minimum atomic E-state index is -4.70. The van der Waals surface area contributed by atoms with Crippen molar-refractivity contribution in [1.29, 1.82) is 0 Å². The van der Waals surface area contributed by atoms with Crippen molar-refractivity contribution in [3.63, 3.8) is 0 Å². The van der Waals surface area contributed by atoms with Crippen LogP contribution in [0.5, 0.6) is 0 Å². The molecule has 5 heterocycles. The lowest BCUT2D eigenvalue weighted by atomic mass is 10.1. The summed E-state index contributed by atoms with van der Waals surface area (Å²) in [5, 5.41) is 0. The summed E-state index contributed by atoms with van der Waals surface area (Å²) in [7, 11) is 0. The topological polar surface area (TPSA) is 130 Å². The molecule has 15 heteroatoms. The third-order valence-corrected chi connectivity index (χ3v) is 11.1. The average Bonchev–Trinajstić information content (AvgIpc) is 4.01. The number of likely N-dealkylation sites (N-methyl/N-ethyl adjacent to an activating group) is 2. The number of imidazole rings is 2. The van der Waals surface area contributed by atoms with Crippen LogP contribution in [0.15, 0.2) is 42.9 Å². The fourth-order valence-corrected chi connectivity index (χ4v) is 7.98. The molecule has 0 aliphatic carbocycles. The number of benzene rings is 1. The Morgan fingerprint density at radius 1 is 0.741 bits per heavy atom. The van der Waals surface area contributed by atoms with E-state index in [1.165, 1.54) is 0 Å². The van der Waals surface area contributed by atoms with Crippen LogP contribution in [0.3, 0.4) is 0 Å². The largest absolute Gasteiger partial charge is 0.435 e. The predicted molar refractivity (Wildman–Crippen MR) is 200 cm³/mol. The minimum Gasteiger partial charge on any atom is -0.340 e. The Balaban J connectivity index is 1.18. The summed E-state index contributed by atoms with van der Waals surface area (Å²) in [5.74, 6) is 1.27. The Hall–Kier alpha value is -4.63. The third-order valence-electron chi connectivity index (χ3n) is 11.1.